The average Bonchev–Trinajstić information content (AvgIpc) is 1.60. The lowest BCUT2D eigenvalue weighted by molar-refractivity contribution is 0.0367. The first-order chi connectivity index (χ1) is 4.34. The van der Waals surface area contributed by atoms with Crippen molar-refractivity contribution < 1.29 is 5.11 Å². The van der Waals surface area contributed by atoms with Crippen molar-refractivity contribution in [2.75, 3.05) is 6.54 Å². The molecule has 1 saturated carbocycles. The second-order valence-electron chi connectivity index (χ2n) is 2.69. The highest BCUT2D eigenvalue weighted by Crippen LogP contribution is 2.28. The molecule has 1 aliphatic rings. The van der Waals surface area contributed by atoms with Gasteiger partial charge in [-0.1, -0.05) is 13.3 Å². The summed E-state index contributed by atoms with van der Waals surface area (Å²) in [4.78, 5) is 0. The van der Waals surface area contributed by atoms with E-state index in [0.29, 0.717) is 5.92 Å². The molecule has 2 heteroatoms. The molecule has 1 fully saturated rings. The van der Waals surface area contributed by atoms with E-state index in [1.807, 2.05) is 6.92 Å². The van der Waals surface area contributed by atoms with Gasteiger partial charge in [-0.05, 0) is 25.3 Å². The van der Waals surface area contributed by atoms with Crippen molar-refractivity contribution in [3.8, 4) is 0 Å². The molecule has 2 N–H and O–H groups in total. The molecule has 0 saturated heterocycles. The summed E-state index contributed by atoms with van der Waals surface area (Å²) in [6, 6.07) is 0. The van der Waals surface area contributed by atoms with Gasteiger partial charge >= 0.3 is 0 Å². The van der Waals surface area contributed by atoms with E-state index >= 15 is 0 Å². The minimum atomic E-state index is -0.233. The van der Waals surface area contributed by atoms with E-state index in [9.17, 15) is 5.11 Å². The van der Waals surface area contributed by atoms with Crippen molar-refractivity contribution in [1.82, 2.24) is 5.32 Å². The lowest BCUT2D eigenvalue weighted by Crippen LogP contribution is -2.38. The van der Waals surface area contributed by atoms with Gasteiger partial charge in [0.05, 0.1) is 0 Å². The van der Waals surface area contributed by atoms with Crippen LogP contribution >= 0.6 is 0 Å². The molecular formula is C7H15NO. The molecule has 1 atom stereocenters. The number of rotatable bonds is 3. The summed E-state index contributed by atoms with van der Waals surface area (Å²) in [6.07, 6.45) is 3.47. The zero-order valence-corrected chi connectivity index (χ0v) is 5.93. The maximum atomic E-state index is 9.26. The van der Waals surface area contributed by atoms with Crippen LogP contribution in [-0.4, -0.2) is 17.9 Å². The monoisotopic (exact) mass is 129 g/mol. The van der Waals surface area contributed by atoms with Gasteiger partial charge in [0.1, 0.15) is 6.23 Å². The molecule has 1 unspecified atom stereocenters. The summed E-state index contributed by atoms with van der Waals surface area (Å²) in [5.74, 6) is 0.546. The number of hydrogen-bond donors (Lipinski definition) is 2. The van der Waals surface area contributed by atoms with Gasteiger partial charge in [-0.2, -0.15) is 0 Å². The Morgan fingerprint density at radius 2 is 2.33 bits per heavy atom. The van der Waals surface area contributed by atoms with Crippen LogP contribution in [0.4, 0.5) is 0 Å². The Balaban J connectivity index is 2.08. The van der Waals surface area contributed by atoms with Gasteiger partial charge in [-0.3, -0.25) is 5.32 Å². The minimum Gasteiger partial charge on any atom is -0.378 e. The fourth-order valence-electron chi connectivity index (χ4n) is 1.13. The first-order valence-electron chi connectivity index (χ1n) is 3.76. The highest BCUT2D eigenvalue weighted by atomic mass is 16.3. The van der Waals surface area contributed by atoms with Crippen LogP contribution in [0.25, 0.3) is 0 Å². The third-order valence-electron chi connectivity index (χ3n) is 2.01. The summed E-state index contributed by atoms with van der Waals surface area (Å²) < 4.78 is 0. The predicted octanol–water partition coefficient (Wildman–Crippen LogP) is 0.714. The summed E-state index contributed by atoms with van der Waals surface area (Å²) in [5.41, 5.74) is 0. The summed E-state index contributed by atoms with van der Waals surface area (Å²) in [5, 5.41) is 12.3. The number of hydrogen-bond acceptors (Lipinski definition) is 2. The van der Waals surface area contributed by atoms with E-state index in [4.69, 9.17) is 0 Å². The standard InChI is InChI=1S/C7H15NO/c1-2-8-7(9)6-4-3-5-6/h6-9H,2-5H2,1H3. The minimum absolute atomic E-state index is 0.233. The molecule has 1 rings (SSSR count). The normalized spacial score (nSPS) is 23.3. The van der Waals surface area contributed by atoms with Crippen molar-refractivity contribution in [1.29, 1.82) is 0 Å². The van der Waals surface area contributed by atoms with Crippen LogP contribution in [0, 0.1) is 5.92 Å². The van der Waals surface area contributed by atoms with Gasteiger partial charge in [-0.25, -0.2) is 0 Å². The van der Waals surface area contributed by atoms with Crippen molar-refractivity contribution in [2.24, 2.45) is 5.92 Å². The summed E-state index contributed by atoms with van der Waals surface area (Å²) in [7, 11) is 0. The van der Waals surface area contributed by atoms with Crippen molar-refractivity contribution in [3.05, 3.63) is 0 Å². The molecule has 0 aromatic carbocycles. The second-order valence-corrected chi connectivity index (χ2v) is 2.69. The molecule has 0 spiro atoms. The molecule has 0 heterocycles. The first kappa shape index (κ1) is 7.03. The molecule has 0 bridgehead atoms. The van der Waals surface area contributed by atoms with Crippen molar-refractivity contribution >= 4 is 0 Å². The van der Waals surface area contributed by atoms with Crippen LogP contribution in [0.2, 0.25) is 0 Å². The van der Waals surface area contributed by atoms with Crippen LogP contribution in [0.3, 0.4) is 0 Å². The van der Waals surface area contributed by atoms with Crippen molar-refractivity contribution in [2.45, 2.75) is 32.4 Å². The van der Waals surface area contributed by atoms with Crippen LogP contribution in [-0.2, 0) is 0 Å². The Labute approximate surface area is 56.3 Å². The Morgan fingerprint density at radius 3 is 2.67 bits per heavy atom. The zero-order valence-electron chi connectivity index (χ0n) is 5.93. The highest BCUT2D eigenvalue weighted by Gasteiger charge is 2.24. The van der Waals surface area contributed by atoms with E-state index < -0.39 is 0 Å². The predicted molar refractivity (Wildman–Crippen MR) is 37.0 cm³/mol. The topological polar surface area (TPSA) is 32.3 Å². The van der Waals surface area contributed by atoms with Gasteiger partial charge in [0, 0.05) is 0 Å². The van der Waals surface area contributed by atoms with Crippen LogP contribution in [0.1, 0.15) is 26.2 Å². The molecule has 0 aliphatic heterocycles. The van der Waals surface area contributed by atoms with E-state index in [0.717, 1.165) is 6.54 Å². The SMILES string of the molecule is CCNC(O)C1CCC1. The fraction of sp³-hybridized carbons (Fsp3) is 1.00. The van der Waals surface area contributed by atoms with Crippen molar-refractivity contribution in [3.63, 3.8) is 0 Å². The first-order valence-corrected chi connectivity index (χ1v) is 3.76. The highest BCUT2D eigenvalue weighted by molar-refractivity contribution is 4.74. The maximum absolute atomic E-state index is 9.26. The molecule has 9 heavy (non-hydrogen) atoms. The van der Waals surface area contributed by atoms with Crippen LogP contribution < -0.4 is 5.32 Å². The third kappa shape index (κ3) is 1.66. The molecule has 54 valence electrons. The molecule has 0 aromatic rings. The smallest absolute Gasteiger partial charge is 0.107 e. The Kier molecular flexibility index (Phi) is 2.49. The molecule has 0 aromatic heterocycles. The van der Waals surface area contributed by atoms with E-state index in [-0.39, 0.29) is 6.23 Å². The third-order valence-corrected chi connectivity index (χ3v) is 2.01. The van der Waals surface area contributed by atoms with E-state index in [1.165, 1.54) is 19.3 Å². The van der Waals surface area contributed by atoms with Gasteiger partial charge in [0.25, 0.3) is 0 Å². The lowest BCUT2D eigenvalue weighted by Gasteiger charge is -2.30. The summed E-state index contributed by atoms with van der Waals surface area (Å²) >= 11 is 0. The molecule has 1 aliphatic carbocycles. The van der Waals surface area contributed by atoms with E-state index in [2.05, 4.69) is 5.32 Å². The zero-order chi connectivity index (χ0) is 6.69. The van der Waals surface area contributed by atoms with Gasteiger partial charge in [-0.15, -0.1) is 0 Å². The Bertz CT molecular complexity index is 81.0. The fourth-order valence-corrected chi connectivity index (χ4v) is 1.13. The quantitative estimate of drug-likeness (QED) is 0.550. The van der Waals surface area contributed by atoms with Crippen LogP contribution in [0.5, 0.6) is 0 Å². The van der Waals surface area contributed by atoms with Crippen LogP contribution in [0.15, 0.2) is 0 Å². The maximum Gasteiger partial charge on any atom is 0.107 e. The van der Waals surface area contributed by atoms with E-state index in [1.54, 1.807) is 0 Å². The largest absolute Gasteiger partial charge is 0.378 e. The molecule has 2 nitrogen and oxygen atoms in total. The number of nitrogens with one attached hydrogen (secondary N) is 1. The van der Waals surface area contributed by atoms with Gasteiger partial charge < -0.3 is 5.11 Å². The summed E-state index contributed by atoms with van der Waals surface area (Å²) in [6.45, 7) is 2.89. The molecular weight excluding hydrogens is 114 g/mol. The lowest BCUT2D eigenvalue weighted by atomic mass is 9.84. The Hall–Kier alpha value is -0.0800. The molecule has 0 radical (unpaired) electrons. The second kappa shape index (κ2) is 3.18. The number of aliphatic hydroxyl groups excluding tert-OH is 1. The molecule has 0 amide bonds. The average molecular weight is 129 g/mol. The Morgan fingerprint density at radius 1 is 1.67 bits per heavy atom. The van der Waals surface area contributed by atoms with Gasteiger partial charge in [0.15, 0.2) is 0 Å². The number of aliphatic hydroxyl groups is 1. The van der Waals surface area contributed by atoms with Gasteiger partial charge in [0.2, 0.25) is 0 Å².